The zero-order chi connectivity index (χ0) is 20.5. The van der Waals surface area contributed by atoms with Crippen LogP contribution in [0.15, 0.2) is 60.7 Å². The maximum atomic E-state index is 12.4. The van der Waals surface area contributed by atoms with Gasteiger partial charge in [-0.1, -0.05) is 48.5 Å². The summed E-state index contributed by atoms with van der Waals surface area (Å²) in [6.45, 7) is 3.76. The number of benzene rings is 3. The molecule has 0 aromatic heterocycles. The zero-order valence-electron chi connectivity index (χ0n) is 16.2. The molecule has 4 rings (SSSR count). The van der Waals surface area contributed by atoms with Crippen LogP contribution >= 0.6 is 0 Å². The Bertz CT molecular complexity index is 1070. The number of ether oxygens (including phenoxy) is 1. The second kappa shape index (κ2) is 7.43. The Labute approximate surface area is 169 Å². The number of hydrogen-bond donors (Lipinski definition) is 2. The molecule has 1 aliphatic rings. The molecule has 1 aliphatic carbocycles. The first kappa shape index (κ1) is 18.7. The van der Waals surface area contributed by atoms with E-state index in [1.165, 1.54) is 6.07 Å². The van der Waals surface area contributed by atoms with E-state index in [0.717, 1.165) is 27.8 Å². The monoisotopic (exact) mass is 387 g/mol. The number of fused-ring (bicyclic) bond motifs is 3. The van der Waals surface area contributed by atoms with E-state index in [0.29, 0.717) is 11.3 Å². The van der Waals surface area contributed by atoms with Crippen molar-refractivity contribution in [2.45, 2.75) is 19.8 Å². The Kier molecular flexibility index (Phi) is 4.80. The fourth-order valence-electron chi connectivity index (χ4n) is 3.91. The quantitative estimate of drug-likeness (QED) is 0.632. The van der Waals surface area contributed by atoms with E-state index in [2.05, 4.69) is 29.6 Å². The van der Waals surface area contributed by atoms with Gasteiger partial charge in [-0.2, -0.15) is 0 Å². The first-order chi connectivity index (χ1) is 14.0. The van der Waals surface area contributed by atoms with E-state index in [-0.39, 0.29) is 18.1 Å². The number of aryl methyl sites for hydroxylation is 1. The van der Waals surface area contributed by atoms with Crippen LogP contribution in [0.25, 0.3) is 11.1 Å². The van der Waals surface area contributed by atoms with E-state index >= 15 is 0 Å². The molecule has 0 radical (unpaired) electrons. The minimum atomic E-state index is -1.03. The zero-order valence-corrected chi connectivity index (χ0v) is 16.2. The lowest BCUT2D eigenvalue weighted by Crippen LogP contribution is -2.18. The number of carboxylic acid groups (broad SMARTS) is 1. The van der Waals surface area contributed by atoms with Crippen molar-refractivity contribution in [2.24, 2.45) is 0 Å². The summed E-state index contributed by atoms with van der Waals surface area (Å²) in [5.41, 5.74) is 6.65. The Morgan fingerprint density at radius 2 is 1.55 bits per heavy atom. The molecular formula is C24H21NO4. The van der Waals surface area contributed by atoms with Crippen molar-refractivity contribution in [3.8, 4) is 11.1 Å². The van der Waals surface area contributed by atoms with Crippen molar-refractivity contribution < 1.29 is 19.4 Å². The standard InChI is InChI=1S/C24H21NO4/c1-14-11-16(12-21(15(14)2)23(26)27)25-24(28)29-13-22-19-9-5-3-7-17(19)18-8-4-6-10-20(18)22/h3-12,22H,13H2,1-2H3,(H,25,28)(H,26,27). The summed E-state index contributed by atoms with van der Waals surface area (Å²) in [6, 6.07) is 19.5. The number of aromatic carboxylic acids is 1. The van der Waals surface area contributed by atoms with Gasteiger partial charge in [-0.3, -0.25) is 5.32 Å². The first-order valence-electron chi connectivity index (χ1n) is 9.42. The van der Waals surface area contributed by atoms with Crippen molar-refractivity contribution in [3.05, 3.63) is 88.5 Å². The van der Waals surface area contributed by atoms with Crippen LogP contribution in [-0.4, -0.2) is 23.8 Å². The summed E-state index contributed by atoms with van der Waals surface area (Å²) in [6.07, 6.45) is -0.605. The number of amides is 1. The molecule has 0 bridgehead atoms. The maximum absolute atomic E-state index is 12.4. The molecule has 0 aliphatic heterocycles. The molecule has 0 heterocycles. The van der Waals surface area contributed by atoms with Gasteiger partial charge in [0.2, 0.25) is 0 Å². The van der Waals surface area contributed by atoms with Gasteiger partial charge in [0.1, 0.15) is 6.61 Å². The van der Waals surface area contributed by atoms with Crippen LogP contribution in [0, 0.1) is 13.8 Å². The number of anilines is 1. The molecule has 2 N–H and O–H groups in total. The topological polar surface area (TPSA) is 75.6 Å². The minimum Gasteiger partial charge on any atom is -0.478 e. The second-order valence-electron chi connectivity index (χ2n) is 7.22. The van der Waals surface area contributed by atoms with Gasteiger partial charge in [0.25, 0.3) is 0 Å². The van der Waals surface area contributed by atoms with Crippen LogP contribution in [0.2, 0.25) is 0 Å². The summed E-state index contributed by atoms with van der Waals surface area (Å²) in [5.74, 6) is -1.05. The molecule has 146 valence electrons. The van der Waals surface area contributed by atoms with Gasteiger partial charge in [-0.25, -0.2) is 9.59 Å². The van der Waals surface area contributed by atoms with E-state index in [9.17, 15) is 14.7 Å². The second-order valence-corrected chi connectivity index (χ2v) is 7.22. The summed E-state index contributed by atoms with van der Waals surface area (Å²) in [4.78, 5) is 23.8. The molecule has 29 heavy (non-hydrogen) atoms. The molecule has 5 nitrogen and oxygen atoms in total. The molecule has 0 saturated heterocycles. The highest BCUT2D eigenvalue weighted by Crippen LogP contribution is 2.44. The molecule has 0 fully saturated rings. The summed E-state index contributed by atoms with van der Waals surface area (Å²) < 4.78 is 5.52. The maximum Gasteiger partial charge on any atom is 0.411 e. The van der Waals surface area contributed by atoms with Crippen LogP contribution < -0.4 is 5.32 Å². The molecule has 3 aromatic carbocycles. The lowest BCUT2D eigenvalue weighted by Gasteiger charge is -2.15. The van der Waals surface area contributed by atoms with Crippen LogP contribution in [0.5, 0.6) is 0 Å². The highest BCUT2D eigenvalue weighted by Gasteiger charge is 2.29. The van der Waals surface area contributed by atoms with Gasteiger partial charge >= 0.3 is 12.1 Å². The molecule has 1 amide bonds. The fourth-order valence-corrected chi connectivity index (χ4v) is 3.91. The number of carbonyl (C=O) groups excluding carboxylic acids is 1. The molecule has 0 unspecified atom stereocenters. The molecule has 5 heteroatoms. The smallest absolute Gasteiger partial charge is 0.411 e. The number of carboxylic acids is 1. The molecule has 0 saturated carbocycles. The van der Waals surface area contributed by atoms with Crippen molar-refractivity contribution in [1.29, 1.82) is 0 Å². The Balaban J connectivity index is 1.51. The SMILES string of the molecule is Cc1cc(NC(=O)OCC2c3ccccc3-c3ccccc32)cc(C(=O)O)c1C. The number of carbonyl (C=O) groups is 2. The van der Waals surface area contributed by atoms with Gasteiger partial charge in [-0.15, -0.1) is 0 Å². The predicted octanol–water partition coefficient (Wildman–Crippen LogP) is 5.36. The average Bonchev–Trinajstić information content (AvgIpc) is 3.03. The highest BCUT2D eigenvalue weighted by atomic mass is 16.5. The summed E-state index contributed by atoms with van der Waals surface area (Å²) in [5, 5.41) is 12.0. The summed E-state index contributed by atoms with van der Waals surface area (Å²) in [7, 11) is 0. The van der Waals surface area contributed by atoms with Crippen molar-refractivity contribution in [3.63, 3.8) is 0 Å². The van der Waals surface area contributed by atoms with Crippen molar-refractivity contribution in [2.75, 3.05) is 11.9 Å². The third kappa shape index (κ3) is 3.47. The van der Waals surface area contributed by atoms with Gasteiger partial charge in [0.05, 0.1) is 5.56 Å². The molecule has 3 aromatic rings. The number of rotatable bonds is 4. The molecular weight excluding hydrogens is 366 g/mol. The van der Waals surface area contributed by atoms with Crippen LogP contribution in [0.1, 0.15) is 38.5 Å². The van der Waals surface area contributed by atoms with Gasteiger partial charge in [0.15, 0.2) is 0 Å². The fraction of sp³-hybridized carbons (Fsp3) is 0.167. The van der Waals surface area contributed by atoms with Crippen LogP contribution in [-0.2, 0) is 4.74 Å². The largest absolute Gasteiger partial charge is 0.478 e. The van der Waals surface area contributed by atoms with E-state index in [1.807, 2.05) is 31.2 Å². The van der Waals surface area contributed by atoms with E-state index in [4.69, 9.17) is 4.74 Å². The Morgan fingerprint density at radius 1 is 0.966 bits per heavy atom. The minimum absolute atomic E-state index is 0.0255. The number of hydrogen-bond acceptors (Lipinski definition) is 3. The third-order valence-electron chi connectivity index (χ3n) is 5.49. The summed E-state index contributed by atoms with van der Waals surface area (Å²) >= 11 is 0. The van der Waals surface area contributed by atoms with Gasteiger partial charge in [0, 0.05) is 11.6 Å². The van der Waals surface area contributed by atoms with Gasteiger partial charge in [-0.05, 0) is 59.4 Å². The van der Waals surface area contributed by atoms with Gasteiger partial charge < -0.3 is 9.84 Å². The first-order valence-corrected chi connectivity index (χ1v) is 9.42. The Morgan fingerprint density at radius 3 is 2.14 bits per heavy atom. The van der Waals surface area contributed by atoms with Crippen LogP contribution in [0.4, 0.5) is 10.5 Å². The predicted molar refractivity (Wildman–Crippen MR) is 112 cm³/mol. The lowest BCUT2D eigenvalue weighted by atomic mass is 9.98. The highest BCUT2D eigenvalue weighted by molar-refractivity contribution is 5.93. The third-order valence-corrected chi connectivity index (χ3v) is 5.49. The van der Waals surface area contributed by atoms with E-state index < -0.39 is 12.1 Å². The molecule has 0 spiro atoms. The lowest BCUT2D eigenvalue weighted by molar-refractivity contribution is 0.0696. The normalized spacial score (nSPS) is 12.2. The average molecular weight is 387 g/mol. The van der Waals surface area contributed by atoms with Crippen molar-refractivity contribution in [1.82, 2.24) is 0 Å². The molecule has 0 atom stereocenters. The van der Waals surface area contributed by atoms with Crippen molar-refractivity contribution >= 4 is 17.7 Å². The van der Waals surface area contributed by atoms with E-state index in [1.54, 1.807) is 13.0 Å². The number of nitrogens with one attached hydrogen (secondary N) is 1. The Hall–Kier alpha value is -3.60. The van der Waals surface area contributed by atoms with Crippen LogP contribution in [0.3, 0.4) is 0 Å².